The van der Waals surface area contributed by atoms with Crippen LogP contribution in [0.2, 0.25) is 10.0 Å². The number of halogens is 2. The predicted molar refractivity (Wildman–Crippen MR) is 85.0 cm³/mol. The molecule has 1 nitrogen and oxygen atoms in total. The van der Waals surface area contributed by atoms with E-state index in [1.165, 1.54) is 16.7 Å². The van der Waals surface area contributed by atoms with Gasteiger partial charge in [0.25, 0.3) is 0 Å². The molecule has 0 radical (unpaired) electrons. The van der Waals surface area contributed by atoms with Crippen molar-refractivity contribution in [2.24, 2.45) is 0 Å². The summed E-state index contributed by atoms with van der Waals surface area (Å²) in [5.74, 6) is 0.0866. The van der Waals surface area contributed by atoms with E-state index in [0.717, 1.165) is 6.42 Å². The van der Waals surface area contributed by atoms with Gasteiger partial charge in [-0.25, -0.2) is 0 Å². The molecule has 0 saturated heterocycles. The molecule has 104 valence electrons. The van der Waals surface area contributed by atoms with E-state index in [1.54, 1.807) is 18.2 Å². The minimum absolute atomic E-state index is 0.0866. The van der Waals surface area contributed by atoms with Gasteiger partial charge in [-0.2, -0.15) is 0 Å². The van der Waals surface area contributed by atoms with Gasteiger partial charge in [-0.05, 0) is 49.6 Å². The first-order chi connectivity index (χ1) is 9.47. The van der Waals surface area contributed by atoms with Gasteiger partial charge in [0, 0.05) is 12.0 Å². The van der Waals surface area contributed by atoms with Gasteiger partial charge in [-0.3, -0.25) is 4.79 Å². The number of rotatable bonds is 4. The van der Waals surface area contributed by atoms with Crippen LogP contribution in [0.4, 0.5) is 0 Å². The molecule has 2 aromatic rings. The molecule has 0 aromatic heterocycles. The lowest BCUT2D eigenvalue weighted by Gasteiger charge is -2.07. The topological polar surface area (TPSA) is 17.1 Å². The molecule has 0 amide bonds. The fourth-order valence-electron chi connectivity index (χ4n) is 2.19. The van der Waals surface area contributed by atoms with E-state index in [9.17, 15) is 4.79 Å². The molecule has 2 rings (SSSR count). The van der Waals surface area contributed by atoms with E-state index in [2.05, 4.69) is 32.0 Å². The van der Waals surface area contributed by atoms with Crippen molar-refractivity contribution in [3.63, 3.8) is 0 Å². The Labute approximate surface area is 129 Å². The Morgan fingerprint density at radius 1 is 1.00 bits per heavy atom. The van der Waals surface area contributed by atoms with E-state index in [-0.39, 0.29) is 5.78 Å². The highest BCUT2D eigenvalue weighted by atomic mass is 35.5. The monoisotopic (exact) mass is 306 g/mol. The Morgan fingerprint density at radius 3 is 2.40 bits per heavy atom. The Morgan fingerprint density at radius 2 is 1.75 bits per heavy atom. The van der Waals surface area contributed by atoms with Crippen LogP contribution in [-0.2, 0) is 6.42 Å². The Bertz CT molecular complexity index is 647. The number of ketones is 1. The van der Waals surface area contributed by atoms with Crippen molar-refractivity contribution in [1.82, 2.24) is 0 Å². The lowest BCUT2D eigenvalue weighted by molar-refractivity contribution is 0.0983. The minimum atomic E-state index is 0.0866. The zero-order valence-corrected chi connectivity index (χ0v) is 13.1. The Kier molecular flexibility index (Phi) is 4.85. The molecule has 0 atom stereocenters. The first kappa shape index (κ1) is 15.1. The molecule has 20 heavy (non-hydrogen) atoms. The fourth-order valence-corrected chi connectivity index (χ4v) is 2.49. The van der Waals surface area contributed by atoms with E-state index in [1.807, 2.05) is 0 Å². The highest BCUT2D eigenvalue weighted by Gasteiger charge is 2.09. The van der Waals surface area contributed by atoms with Crippen molar-refractivity contribution >= 4 is 29.0 Å². The smallest absolute Gasteiger partial charge is 0.163 e. The lowest BCUT2D eigenvalue weighted by atomic mass is 9.98. The Balaban J connectivity index is 2.06. The molecule has 0 aliphatic rings. The number of benzene rings is 2. The molecular weight excluding hydrogens is 291 g/mol. The van der Waals surface area contributed by atoms with Crippen molar-refractivity contribution in [2.75, 3.05) is 0 Å². The molecule has 0 saturated carbocycles. The van der Waals surface area contributed by atoms with Gasteiger partial charge in [-0.1, -0.05) is 47.0 Å². The fraction of sp³-hybridized carbons (Fsp3) is 0.235. The maximum absolute atomic E-state index is 12.2. The van der Waals surface area contributed by atoms with Crippen molar-refractivity contribution in [3.05, 3.63) is 68.7 Å². The summed E-state index contributed by atoms with van der Waals surface area (Å²) in [6.45, 7) is 4.14. The van der Waals surface area contributed by atoms with Crippen LogP contribution in [0, 0.1) is 13.8 Å². The van der Waals surface area contributed by atoms with Crippen molar-refractivity contribution in [2.45, 2.75) is 26.7 Å². The SMILES string of the molecule is Cc1ccc(CCC(=O)c2ccc(Cl)c(Cl)c2)c(C)c1. The van der Waals surface area contributed by atoms with Gasteiger partial charge in [0.2, 0.25) is 0 Å². The normalized spacial score (nSPS) is 10.6. The third-order valence-corrected chi connectivity index (χ3v) is 4.10. The minimum Gasteiger partial charge on any atom is -0.294 e. The van der Waals surface area contributed by atoms with Crippen LogP contribution in [0.5, 0.6) is 0 Å². The standard InChI is InChI=1S/C17H16Cl2O/c1-11-3-4-13(12(2)9-11)6-8-17(20)14-5-7-15(18)16(19)10-14/h3-5,7,9-10H,6,8H2,1-2H3. The molecular formula is C17H16Cl2O. The molecule has 3 heteroatoms. The van der Waals surface area contributed by atoms with Crippen LogP contribution in [0.15, 0.2) is 36.4 Å². The second-order valence-electron chi connectivity index (χ2n) is 4.98. The molecule has 0 fully saturated rings. The number of Topliss-reactive ketones (excluding diaryl/α,β-unsaturated/α-hetero) is 1. The van der Waals surface area contributed by atoms with Crippen LogP contribution in [0.25, 0.3) is 0 Å². The zero-order chi connectivity index (χ0) is 14.7. The summed E-state index contributed by atoms with van der Waals surface area (Å²) in [6, 6.07) is 11.3. The van der Waals surface area contributed by atoms with Crippen LogP contribution in [-0.4, -0.2) is 5.78 Å². The van der Waals surface area contributed by atoms with Crippen molar-refractivity contribution < 1.29 is 4.79 Å². The summed E-state index contributed by atoms with van der Waals surface area (Å²) in [7, 11) is 0. The summed E-state index contributed by atoms with van der Waals surface area (Å²) in [5.41, 5.74) is 4.29. The number of hydrogen-bond acceptors (Lipinski definition) is 1. The van der Waals surface area contributed by atoms with Gasteiger partial charge in [-0.15, -0.1) is 0 Å². The highest BCUT2D eigenvalue weighted by molar-refractivity contribution is 6.42. The van der Waals surface area contributed by atoms with E-state index in [4.69, 9.17) is 23.2 Å². The summed E-state index contributed by atoms with van der Waals surface area (Å²) in [6.07, 6.45) is 1.22. The van der Waals surface area contributed by atoms with Crippen molar-refractivity contribution in [1.29, 1.82) is 0 Å². The van der Waals surface area contributed by atoms with Gasteiger partial charge in [0.05, 0.1) is 10.0 Å². The maximum Gasteiger partial charge on any atom is 0.163 e. The second-order valence-corrected chi connectivity index (χ2v) is 5.80. The number of carbonyl (C=O) groups is 1. The van der Waals surface area contributed by atoms with Crippen molar-refractivity contribution in [3.8, 4) is 0 Å². The molecule has 2 aromatic carbocycles. The zero-order valence-electron chi connectivity index (χ0n) is 11.5. The summed E-state index contributed by atoms with van der Waals surface area (Å²) in [4.78, 5) is 12.2. The molecule has 0 spiro atoms. The quantitative estimate of drug-likeness (QED) is 0.689. The summed E-state index contributed by atoms with van der Waals surface area (Å²) in [5, 5.41) is 0.890. The number of aryl methyl sites for hydroxylation is 3. The van der Waals surface area contributed by atoms with Crippen LogP contribution < -0.4 is 0 Å². The summed E-state index contributed by atoms with van der Waals surface area (Å²) >= 11 is 11.8. The van der Waals surface area contributed by atoms with Gasteiger partial charge >= 0.3 is 0 Å². The third-order valence-electron chi connectivity index (χ3n) is 3.36. The molecule has 0 unspecified atom stereocenters. The Hall–Kier alpha value is -1.31. The molecule has 0 aliphatic carbocycles. The second kappa shape index (κ2) is 6.43. The number of carbonyl (C=O) groups excluding carboxylic acids is 1. The molecule has 0 N–H and O–H groups in total. The average molecular weight is 307 g/mol. The maximum atomic E-state index is 12.2. The molecule has 0 aliphatic heterocycles. The van der Waals surface area contributed by atoms with Crippen LogP contribution in [0.1, 0.15) is 33.5 Å². The van der Waals surface area contributed by atoms with Crippen LogP contribution in [0.3, 0.4) is 0 Å². The van der Waals surface area contributed by atoms with Gasteiger partial charge in [0.1, 0.15) is 0 Å². The first-order valence-electron chi connectivity index (χ1n) is 6.52. The first-order valence-corrected chi connectivity index (χ1v) is 7.27. The van der Waals surface area contributed by atoms with E-state index < -0.39 is 0 Å². The van der Waals surface area contributed by atoms with Crippen LogP contribution >= 0.6 is 23.2 Å². The predicted octanol–water partition coefficient (Wildman–Crippen LogP) is 5.43. The largest absolute Gasteiger partial charge is 0.294 e. The molecule has 0 heterocycles. The van der Waals surface area contributed by atoms with Gasteiger partial charge < -0.3 is 0 Å². The number of hydrogen-bond donors (Lipinski definition) is 0. The lowest BCUT2D eigenvalue weighted by Crippen LogP contribution is -2.02. The molecule has 0 bridgehead atoms. The van der Waals surface area contributed by atoms with E-state index in [0.29, 0.717) is 22.0 Å². The van der Waals surface area contributed by atoms with Gasteiger partial charge in [0.15, 0.2) is 5.78 Å². The third kappa shape index (κ3) is 3.62. The summed E-state index contributed by atoms with van der Waals surface area (Å²) < 4.78 is 0. The average Bonchev–Trinajstić information content (AvgIpc) is 2.40. The highest BCUT2D eigenvalue weighted by Crippen LogP contribution is 2.23. The van der Waals surface area contributed by atoms with E-state index >= 15 is 0 Å².